The van der Waals surface area contributed by atoms with Crippen molar-refractivity contribution in [2.75, 3.05) is 6.54 Å². The number of ether oxygens (including phenoxy) is 2. The zero-order valence-corrected chi connectivity index (χ0v) is 27.7. The number of carbonyl (C=O) groups is 5. The number of alkyl carbamates (subject to hydrolysis) is 1. The highest BCUT2D eigenvalue weighted by molar-refractivity contribution is 5.95. The lowest BCUT2D eigenvalue weighted by atomic mass is 9.99. The maximum atomic E-state index is 14.3. The third-order valence-corrected chi connectivity index (χ3v) is 6.39. The maximum absolute atomic E-state index is 14.3. The van der Waals surface area contributed by atoms with Crippen molar-refractivity contribution in [3.05, 3.63) is 71.3 Å². The van der Waals surface area contributed by atoms with Crippen LogP contribution in [0.3, 0.4) is 0 Å². The summed E-state index contributed by atoms with van der Waals surface area (Å²) in [5, 5.41) is 5.25. The van der Waals surface area contributed by atoms with E-state index in [1.165, 1.54) is 4.90 Å². The Bertz CT molecular complexity index is 1400. The number of esters is 1. The predicted molar refractivity (Wildman–Crippen MR) is 174 cm³/mol. The molecule has 2 aromatic rings. The summed E-state index contributed by atoms with van der Waals surface area (Å²) >= 11 is 0. The maximum Gasteiger partial charge on any atom is 0.408 e. The van der Waals surface area contributed by atoms with E-state index in [0.717, 1.165) is 5.56 Å². The Morgan fingerprint density at radius 2 is 1.46 bits per heavy atom. The molecule has 46 heavy (non-hydrogen) atoms. The zero-order chi connectivity index (χ0) is 34.7. The molecule has 0 saturated heterocycles. The Balaban J connectivity index is 2.60. The third kappa shape index (κ3) is 12.3. The summed E-state index contributed by atoms with van der Waals surface area (Å²) in [6.07, 6.45) is 4.60. The minimum atomic E-state index is -1.44. The molecule has 0 fully saturated rings. The number of nitrogens with two attached hydrogens (primary N) is 1. The van der Waals surface area contributed by atoms with Crippen LogP contribution >= 0.6 is 0 Å². The number of nitrogens with zero attached hydrogens (tertiary/aromatic N) is 1. The fourth-order valence-electron chi connectivity index (χ4n) is 4.56. The largest absolute Gasteiger partial charge is 0.458 e. The van der Waals surface area contributed by atoms with Gasteiger partial charge in [-0.15, -0.1) is 6.42 Å². The van der Waals surface area contributed by atoms with E-state index in [9.17, 15) is 24.0 Å². The van der Waals surface area contributed by atoms with Crippen LogP contribution in [0.1, 0.15) is 84.0 Å². The zero-order valence-electron chi connectivity index (χ0n) is 27.7. The van der Waals surface area contributed by atoms with Crippen LogP contribution in [-0.2, 0) is 35.1 Å². The van der Waals surface area contributed by atoms with Gasteiger partial charge in [0.2, 0.25) is 17.7 Å². The van der Waals surface area contributed by atoms with Crippen molar-refractivity contribution in [3.63, 3.8) is 0 Å². The summed E-state index contributed by atoms with van der Waals surface area (Å²) in [5.41, 5.74) is 5.45. The van der Waals surface area contributed by atoms with Crippen LogP contribution in [0, 0.1) is 12.3 Å². The summed E-state index contributed by atoms with van der Waals surface area (Å²) in [5.74, 6) is -0.412. The quantitative estimate of drug-likeness (QED) is 0.224. The molecule has 11 heteroatoms. The highest BCUT2D eigenvalue weighted by Gasteiger charge is 2.38. The van der Waals surface area contributed by atoms with E-state index >= 15 is 0 Å². The standard InChI is InChI=1S/C35H46N4O7/c1-9-20-39(31(42)26(22-28(36)40)38-33(44)46-35(6,7)8)29(25-18-16-23(10-2)17-19-25)30(41)37-27(32(43)45-34(3,4)5)21-24-14-12-11-13-15-24/h2,11-19,26-27,29H,9,20-22H2,1,3-8H3,(H2,36,40)(H,37,41)(H,38,44). The van der Waals surface area contributed by atoms with Gasteiger partial charge in [-0.3, -0.25) is 14.4 Å². The first-order valence-corrected chi connectivity index (χ1v) is 15.2. The number of carbonyl (C=O) groups excluding carboxylic acids is 5. The van der Waals surface area contributed by atoms with Crippen LogP contribution in [0.15, 0.2) is 54.6 Å². The second kappa shape index (κ2) is 16.5. The molecule has 0 aliphatic carbocycles. The number of primary amides is 1. The average molecular weight is 635 g/mol. The molecule has 0 aliphatic rings. The molecule has 0 radical (unpaired) electrons. The van der Waals surface area contributed by atoms with E-state index in [0.29, 0.717) is 17.5 Å². The Labute approximate surface area is 271 Å². The molecule has 248 valence electrons. The first kappa shape index (κ1) is 37.3. The summed E-state index contributed by atoms with van der Waals surface area (Å²) in [6.45, 7) is 12.0. The highest BCUT2D eigenvalue weighted by atomic mass is 16.6. The van der Waals surface area contributed by atoms with Crippen molar-refractivity contribution in [2.45, 2.75) is 97.1 Å². The molecule has 0 saturated carbocycles. The van der Waals surface area contributed by atoms with Crippen molar-refractivity contribution in [3.8, 4) is 12.3 Å². The Morgan fingerprint density at radius 3 is 1.96 bits per heavy atom. The van der Waals surface area contributed by atoms with Crippen molar-refractivity contribution in [1.82, 2.24) is 15.5 Å². The molecule has 2 rings (SSSR count). The molecule has 4 amide bonds. The lowest BCUT2D eigenvalue weighted by Gasteiger charge is -2.35. The van der Waals surface area contributed by atoms with Crippen LogP contribution in [0.4, 0.5) is 4.79 Å². The molecule has 0 aliphatic heterocycles. The Morgan fingerprint density at radius 1 is 0.870 bits per heavy atom. The molecule has 11 nitrogen and oxygen atoms in total. The van der Waals surface area contributed by atoms with E-state index in [-0.39, 0.29) is 13.0 Å². The van der Waals surface area contributed by atoms with Gasteiger partial charge in [-0.2, -0.15) is 0 Å². The van der Waals surface area contributed by atoms with E-state index in [2.05, 4.69) is 16.6 Å². The molecular weight excluding hydrogens is 588 g/mol. The Hall–Kier alpha value is -4.85. The predicted octanol–water partition coefficient (Wildman–Crippen LogP) is 3.79. The molecule has 0 aromatic heterocycles. The molecule has 0 heterocycles. The topological polar surface area (TPSA) is 157 Å². The first-order valence-electron chi connectivity index (χ1n) is 15.2. The van der Waals surface area contributed by atoms with Gasteiger partial charge in [0.1, 0.15) is 29.3 Å². The third-order valence-electron chi connectivity index (χ3n) is 6.39. The fraction of sp³-hybridized carbons (Fsp3) is 0.457. The second-order valence-corrected chi connectivity index (χ2v) is 12.9. The summed E-state index contributed by atoms with van der Waals surface area (Å²) in [4.78, 5) is 67.8. The van der Waals surface area contributed by atoms with Crippen LogP contribution in [0.25, 0.3) is 0 Å². The van der Waals surface area contributed by atoms with Gasteiger partial charge in [-0.05, 0) is 71.2 Å². The highest BCUT2D eigenvalue weighted by Crippen LogP contribution is 2.25. The monoisotopic (exact) mass is 634 g/mol. The van der Waals surface area contributed by atoms with Crippen LogP contribution in [0.5, 0.6) is 0 Å². The molecule has 4 N–H and O–H groups in total. The van der Waals surface area contributed by atoms with Crippen molar-refractivity contribution >= 4 is 29.8 Å². The van der Waals surface area contributed by atoms with Gasteiger partial charge >= 0.3 is 12.1 Å². The van der Waals surface area contributed by atoms with Crippen LogP contribution in [0.2, 0.25) is 0 Å². The van der Waals surface area contributed by atoms with Gasteiger partial charge in [0.15, 0.2) is 0 Å². The lowest BCUT2D eigenvalue weighted by Crippen LogP contribution is -2.55. The van der Waals surface area contributed by atoms with E-state index < -0.39 is 65.5 Å². The second-order valence-electron chi connectivity index (χ2n) is 12.9. The lowest BCUT2D eigenvalue weighted by molar-refractivity contribution is -0.159. The molecule has 3 atom stereocenters. The summed E-state index contributed by atoms with van der Waals surface area (Å²) < 4.78 is 11.0. The molecule has 3 unspecified atom stereocenters. The van der Waals surface area contributed by atoms with E-state index in [4.69, 9.17) is 21.6 Å². The van der Waals surface area contributed by atoms with Crippen molar-refractivity contribution < 1.29 is 33.4 Å². The number of hydrogen-bond acceptors (Lipinski definition) is 7. The van der Waals surface area contributed by atoms with Gasteiger partial charge in [0.05, 0.1) is 6.42 Å². The molecular formula is C35H46N4O7. The number of benzene rings is 2. The molecule has 2 aromatic carbocycles. The SMILES string of the molecule is C#Cc1ccc(C(C(=O)NC(Cc2ccccc2)C(=O)OC(C)(C)C)N(CCC)C(=O)C(CC(N)=O)NC(=O)OC(C)(C)C)cc1. The van der Waals surface area contributed by atoms with Crippen LogP contribution < -0.4 is 16.4 Å². The fourth-order valence-corrected chi connectivity index (χ4v) is 4.56. The minimum absolute atomic E-state index is 0.0505. The first-order chi connectivity index (χ1) is 21.4. The van der Waals surface area contributed by atoms with E-state index in [1.54, 1.807) is 72.7 Å². The van der Waals surface area contributed by atoms with Gasteiger partial charge in [0, 0.05) is 18.5 Å². The Kier molecular flexibility index (Phi) is 13.4. The summed E-state index contributed by atoms with van der Waals surface area (Å²) in [6, 6.07) is 11.7. The number of nitrogens with one attached hydrogen (secondary N) is 2. The van der Waals surface area contributed by atoms with Gasteiger partial charge < -0.3 is 30.7 Å². The van der Waals surface area contributed by atoms with E-state index in [1.807, 2.05) is 30.3 Å². The van der Waals surface area contributed by atoms with Crippen molar-refractivity contribution in [2.24, 2.45) is 5.73 Å². The van der Waals surface area contributed by atoms with Gasteiger partial charge in [-0.1, -0.05) is 55.3 Å². The minimum Gasteiger partial charge on any atom is -0.458 e. The molecule has 0 spiro atoms. The average Bonchev–Trinajstić information content (AvgIpc) is 2.94. The number of rotatable bonds is 13. The van der Waals surface area contributed by atoms with Crippen LogP contribution in [-0.4, -0.2) is 64.5 Å². The number of amides is 4. The summed E-state index contributed by atoms with van der Waals surface area (Å²) in [7, 11) is 0. The number of hydrogen-bond donors (Lipinski definition) is 3. The number of terminal acetylenes is 1. The normalized spacial score (nSPS) is 13.3. The van der Waals surface area contributed by atoms with Gasteiger partial charge in [0.25, 0.3) is 0 Å². The van der Waals surface area contributed by atoms with Gasteiger partial charge in [-0.25, -0.2) is 9.59 Å². The smallest absolute Gasteiger partial charge is 0.408 e. The molecule has 0 bridgehead atoms. The van der Waals surface area contributed by atoms with Crippen molar-refractivity contribution in [1.29, 1.82) is 0 Å².